The third-order valence-electron chi connectivity index (χ3n) is 5.40. The Morgan fingerprint density at radius 1 is 1.00 bits per heavy atom. The van der Waals surface area contributed by atoms with Gasteiger partial charge in [-0.1, -0.05) is 49.7 Å². The quantitative estimate of drug-likeness (QED) is 0.148. The summed E-state index contributed by atoms with van der Waals surface area (Å²) in [7, 11) is 0. The van der Waals surface area contributed by atoms with Gasteiger partial charge in [-0.2, -0.15) is 5.10 Å². The zero-order valence-electron chi connectivity index (χ0n) is 20.5. The molecule has 1 amide bonds. The maximum atomic E-state index is 12.5. The summed E-state index contributed by atoms with van der Waals surface area (Å²) >= 11 is 6.08. The van der Waals surface area contributed by atoms with E-state index in [1.54, 1.807) is 42.5 Å². The highest BCUT2D eigenvalue weighted by atomic mass is 35.5. The number of hydrazone groups is 1. The van der Waals surface area contributed by atoms with E-state index in [1.807, 2.05) is 31.2 Å². The molecule has 0 spiro atoms. The summed E-state index contributed by atoms with van der Waals surface area (Å²) in [5.74, 6) is 0.707. The first-order valence-corrected chi connectivity index (χ1v) is 12.1. The Hall–Kier alpha value is -3.84. The molecule has 0 radical (unpaired) electrons. The van der Waals surface area contributed by atoms with Gasteiger partial charge in [-0.05, 0) is 72.9 Å². The van der Waals surface area contributed by atoms with Gasteiger partial charge in [0.1, 0.15) is 5.75 Å². The summed E-state index contributed by atoms with van der Waals surface area (Å²) in [6.07, 6.45) is 2.52. The number of rotatable bonds is 11. The molecular weight excluding hydrogens is 480 g/mol. The Bertz CT molecular complexity index is 1210. The van der Waals surface area contributed by atoms with Crippen LogP contribution in [0.25, 0.3) is 0 Å². The largest absolute Gasteiger partial charge is 0.490 e. The Morgan fingerprint density at radius 3 is 2.44 bits per heavy atom. The summed E-state index contributed by atoms with van der Waals surface area (Å²) in [5, 5.41) is 4.27. The molecule has 8 heteroatoms. The molecule has 1 atom stereocenters. The number of carbonyl (C=O) groups excluding carboxylic acids is 2. The van der Waals surface area contributed by atoms with Crippen LogP contribution in [0.3, 0.4) is 0 Å². The summed E-state index contributed by atoms with van der Waals surface area (Å²) in [6, 6.07) is 19.3. The third-order valence-corrected chi connectivity index (χ3v) is 5.73. The van der Waals surface area contributed by atoms with E-state index in [9.17, 15) is 9.59 Å². The molecule has 3 aromatic carbocycles. The molecule has 0 unspecified atom stereocenters. The van der Waals surface area contributed by atoms with Crippen molar-refractivity contribution in [3.8, 4) is 17.2 Å². The lowest BCUT2D eigenvalue weighted by Crippen LogP contribution is -2.24. The van der Waals surface area contributed by atoms with Gasteiger partial charge in [0.15, 0.2) is 18.1 Å². The molecule has 188 valence electrons. The molecule has 3 aromatic rings. The third kappa shape index (κ3) is 7.58. The highest BCUT2D eigenvalue weighted by molar-refractivity contribution is 6.33. The molecule has 36 heavy (non-hydrogen) atoms. The predicted molar refractivity (Wildman–Crippen MR) is 140 cm³/mol. The molecule has 0 heterocycles. The van der Waals surface area contributed by atoms with E-state index < -0.39 is 11.9 Å². The average Bonchev–Trinajstić information content (AvgIpc) is 2.89. The molecule has 0 aliphatic rings. The molecule has 7 nitrogen and oxygen atoms in total. The number of carbonyl (C=O) groups is 2. The van der Waals surface area contributed by atoms with Crippen molar-refractivity contribution in [2.45, 2.75) is 33.1 Å². The lowest BCUT2D eigenvalue weighted by atomic mass is 9.99. The van der Waals surface area contributed by atoms with E-state index in [0.717, 1.165) is 6.42 Å². The Kier molecular flexibility index (Phi) is 9.89. The van der Waals surface area contributed by atoms with Crippen LogP contribution in [0.5, 0.6) is 17.2 Å². The van der Waals surface area contributed by atoms with Gasteiger partial charge in [-0.25, -0.2) is 10.2 Å². The van der Waals surface area contributed by atoms with E-state index in [2.05, 4.69) is 24.4 Å². The number of halogens is 1. The van der Waals surface area contributed by atoms with Crippen molar-refractivity contribution in [2.75, 3.05) is 13.2 Å². The van der Waals surface area contributed by atoms with Gasteiger partial charge in [-0.3, -0.25) is 4.79 Å². The van der Waals surface area contributed by atoms with Crippen LogP contribution < -0.4 is 19.6 Å². The van der Waals surface area contributed by atoms with Gasteiger partial charge in [0, 0.05) is 0 Å². The summed E-state index contributed by atoms with van der Waals surface area (Å²) < 4.78 is 16.6. The standard InChI is InChI=1S/C28H29ClN2O5/c1-4-19(3)21-11-13-22(14-12-21)35-18-27(32)31-30-17-20-10-15-25(26(16-20)34-5-2)36-28(33)23-8-6-7-9-24(23)29/h6-17,19H,4-5,18H2,1-3H3,(H,31,32)/b30-17+/t19-/m0/s1. The van der Waals surface area contributed by atoms with E-state index in [1.165, 1.54) is 11.8 Å². The number of ether oxygens (including phenoxy) is 3. The van der Waals surface area contributed by atoms with Gasteiger partial charge in [0.2, 0.25) is 0 Å². The molecule has 0 aliphatic carbocycles. The number of nitrogens with one attached hydrogen (secondary N) is 1. The maximum Gasteiger partial charge on any atom is 0.345 e. The minimum absolute atomic E-state index is 0.166. The molecule has 1 N–H and O–H groups in total. The highest BCUT2D eigenvalue weighted by Gasteiger charge is 2.15. The first-order valence-electron chi connectivity index (χ1n) is 11.7. The van der Waals surface area contributed by atoms with Gasteiger partial charge >= 0.3 is 5.97 Å². The number of amides is 1. The predicted octanol–water partition coefficient (Wildman–Crippen LogP) is 6.00. The maximum absolute atomic E-state index is 12.5. The van der Waals surface area contributed by atoms with Crippen LogP contribution in [0, 0.1) is 0 Å². The number of benzene rings is 3. The zero-order chi connectivity index (χ0) is 25.9. The molecule has 0 fully saturated rings. The van der Waals surface area contributed by atoms with Gasteiger partial charge < -0.3 is 14.2 Å². The van der Waals surface area contributed by atoms with Crippen molar-refractivity contribution < 1.29 is 23.8 Å². The Morgan fingerprint density at radius 2 is 1.75 bits per heavy atom. The Labute approximate surface area is 216 Å². The Balaban J connectivity index is 1.56. The minimum atomic E-state index is -0.593. The second-order valence-electron chi connectivity index (χ2n) is 7.97. The second kappa shape index (κ2) is 13.3. The van der Waals surface area contributed by atoms with Crippen LogP contribution in [-0.2, 0) is 4.79 Å². The van der Waals surface area contributed by atoms with E-state index >= 15 is 0 Å². The van der Waals surface area contributed by atoms with E-state index in [4.69, 9.17) is 25.8 Å². The first-order chi connectivity index (χ1) is 17.4. The number of hydrogen-bond acceptors (Lipinski definition) is 6. The molecule has 0 saturated heterocycles. The summed E-state index contributed by atoms with van der Waals surface area (Å²) in [5.41, 5.74) is 4.55. The van der Waals surface area contributed by atoms with Crippen molar-refractivity contribution in [2.24, 2.45) is 5.10 Å². The fraction of sp³-hybridized carbons (Fsp3) is 0.250. The molecule has 0 saturated carbocycles. The van der Waals surface area contributed by atoms with Gasteiger partial charge in [0.05, 0.1) is 23.4 Å². The van der Waals surface area contributed by atoms with Crippen molar-refractivity contribution in [1.82, 2.24) is 5.43 Å². The van der Waals surface area contributed by atoms with Crippen molar-refractivity contribution >= 4 is 29.7 Å². The number of hydrogen-bond donors (Lipinski definition) is 1. The molecule has 3 rings (SSSR count). The monoisotopic (exact) mass is 508 g/mol. The van der Waals surface area contributed by atoms with Crippen LogP contribution in [-0.4, -0.2) is 31.3 Å². The normalized spacial score (nSPS) is 11.7. The van der Waals surface area contributed by atoms with Crippen molar-refractivity contribution in [3.63, 3.8) is 0 Å². The lowest BCUT2D eigenvalue weighted by Gasteiger charge is -2.12. The van der Waals surface area contributed by atoms with Crippen molar-refractivity contribution in [1.29, 1.82) is 0 Å². The van der Waals surface area contributed by atoms with Crippen molar-refractivity contribution in [3.05, 3.63) is 88.4 Å². The SMILES string of the molecule is CCOc1cc(/C=N/NC(=O)COc2ccc([C@@H](C)CC)cc2)ccc1OC(=O)c1ccccc1Cl. The smallest absolute Gasteiger partial charge is 0.345 e. The summed E-state index contributed by atoms with van der Waals surface area (Å²) in [6.45, 7) is 6.33. The fourth-order valence-electron chi connectivity index (χ4n) is 3.23. The average molecular weight is 509 g/mol. The minimum Gasteiger partial charge on any atom is -0.490 e. The molecule has 0 bridgehead atoms. The fourth-order valence-corrected chi connectivity index (χ4v) is 3.44. The molecular formula is C28H29ClN2O5. The van der Waals surface area contributed by atoms with E-state index in [-0.39, 0.29) is 17.9 Å². The number of esters is 1. The first kappa shape index (κ1) is 26.8. The van der Waals surface area contributed by atoms with Crippen LogP contribution in [0.15, 0.2) is 71.8 Å². The van der Waals surface area contributed by atoms with Crippen LogP contribution in [0.4, 0.5) is 0 Å². The van der Waals surface area contributed by atoms with Crippen LogP contribution >= 0.6 is 11.6 Å². The van der Waals surface area contributed by atoms with Crippen LogP contribution in [0.1, 0.15) is 54.6 Å². The number of nitrogens with zero attached hydrogens (tertiary/aromatic N) is 1. The van der Waals surface area contributed by atoms with Crippen LogP contribution in [0.2, 0.25) is 5.02 Å². The molecule has 0 aromatic heterocycles. The van der Waals surface area contributed by atoms with Gasteiger partial charge in [-0.15, -0.1) is 0 Å². The van der Waals surface area contributed by atoms with Gasteiger partial charge in [0.25, 0.3) is 5.91 Å². The second-order valence-corrected chi connectivity index (χ2v) is 8.38. The zero-order valence-corrected chi connectivity index (χ0v) is 21.2. The molecule has 0 aliphatic heterocycles. The highest BCUT2D eigenvalue weighted by Crippen LogP contribution is 2.29. The topological polar surface area (TPSA) is 86.2 Å². The van der Waals surface area contributed by atoms with E-state index in [0.29, 0.717) is 34.6 Å². The summed E-state index contributed by atoms with van der Waals surface area (Å²) in [4.78, 5) is 24.6. The lowest BCUT2D eigenvalue weighted by molar-refractivity contribution is -0.123.